The Bertz CT molecular complexity index is 454. The van der Waals surface area contributed by atoms with Crippen molar-refractivity contribution in [3.05, 3.63) is 42.5 Å². The molecule has 2 aromatic rings. The molecule has 2 N–H and O–H groups in total. The molecule has 1 aromatic heterocycles. The van der Waals surface area contributed by atoms with E-state index in [4.69, 9.17) is 5.73 Å². The maximum atomic E-state index is 5.79. The van der Waals surface area contributed by atoms with Crippen LogP contribution in [0.3, 0.4) is 0 Å². The van der Waals surface area contributed by atoms with E-state index >= 15 is 0 Å². The Labute approximate surface area is 93.5 Å². The van der Waals surface area contributed by atoms with Crippen LogP contribution in [0.15, 0.2) is 47.5 Å². The minimum Gasteiger partial charge on any atom is -0.397 e. The average Bonchev–Trinajstić information content (AvgIpc) is 2.31. The Balaban J connectivity index is 2.46. The third-order valence-corrected chi connectivity index (χ3v) is 2.87. The fraction of sp³-hybridized carbons (Fsp3) is 0.0833. The second-order valence-electron chi connectivity index (χ2n) is 3.16. The molecule has 76 valence electrons. The SMILES string of the molecule is CSc1nc(-c2ccccc2)ccc1N. The first-order chi connectivity index (χ1) is 7.31. The summed E-state index contributed by atoms with van der Waals surface area (Å²) in [5, 5.41) is 0.886. The molecule has 0 fully saturated rings. The van der Waals surface area contributed by atoms with Crippen LogP contribution in [0.4, 0.5) is 5.69 Å². The number of benzene rings is 1. The van der Waals surface area contributed by atoms with Crippen LogP contribution in [0.5, 0.6) is 0 Å². The molecule has 0 bridgehead atoms. The molecule has 0 spiro atoms. The van der Waals surface area contributed by atoms with Crippen LogP contribution in [0.2, 0.25) is 0 Å². The summed E-state index contributed by atoms with van der Waals surface area (Å²) < 4.78 is 0. The number of nitrogens with two attached hydrogens (primary N) is 1. The van der Waals surface area contributed by atoms with Crippen LogP contribution >= 0.6 is 11.8 Å². The molecule has 0 amide bonds. The smallest absolute Gasteiger partial charge is 0.119 e. The highest BCUT2D eigenvalue weighted by molar-refractivity contribution is 7.98. The maximum Gasteiger partial charge on any atom is 0.119 e. The highest BCUT2D eigenvalue weighted by atomic mass is 32.2. The van der Waals surface area contributed by atoms with Gasteiger partial charge in [-0.15, -0.1) is 11.8 Å². The summed E-state index contributed by atoms with van der Waals surface area (Å²) in [4.78, 5) is 4.50. The van der Waals surface area contributed by atoms with Crippen LogP contribution in [0.25, 0.3) is 11.3 Å². The molecule has 15 heavy (non-hydrogen) atoms. The minimum absolute atomic E-state index is 0.738. The fourth-order valence-electron chi connectivity index (χ4n) is 1.38. The quantitative estimate of drug-likeness (QED) is 0.784. The van der Waals surface area contributed by atoms with E-state index in [1.54, 1.807) is 11.8 Å². The van der Waals surface area contributed by atoms with Crippen LogP contribution in [-0.4, -0.2) is 11.2 Å². The molecule has 0 saturated heterocycles. The third-order valence-electron chi connectivity index (χ3n) is 2.15. The largest absolute Gasteiger partial charge is 0.397 e. The van der Waals surface area contributed by atoms with Crippen molar-refractivity contribution in [2.45, 2.75) is 5.03 Å². The first kappa shape index (κ1) is 10.1. The lowest BCUT2D eigenvalue weighted by molar-refractivity contribution is 1.15. The van der Waals surface area contributed by atoms with Gasteiger partial charge in [0.1, 0.15) is 5.03 Å². The molecule has 3 heteroatoms. The topological polar surface area (TPSA) is 38.9 Å². The van der Waals surface area contributed by atoms with Gasteiger partial charge in [-0.05, 0) is 18.4 Å². The molecule has 0 saturated carbocycles. The molecule has 0 atom stereocenters. The molecule has 0 radical (unpaired) electrons. The van der Waals surface area contributed by atoms with Crippen molar-refractivity contribution in [1.29, 1.82) is 0 Å². The van der Waals surface area contributed by atoms with Gasteiger partial charge in [-0.2, -0.15) is 0 Å². The van der Waals surface area contributed by atoms with Crippen molar-refractivity contribution in [1.82, 2.24) is 4.98 Å². The highest BCUT2D eigenvalue weighted by Crippen LogP contribution is 2.24. The molecule has 1 heterocycles. The Morgan fingerprint density at radius 1 is 1.07 bits per heavy atom. The summed E-state index contributed by atoms with van der Waals surface area (Å²) >= 11 is 1.57. The number of aromatic nitrogens is 1. The Morgan fingerprint density at radius 2 is 1.80 bits per heavy atom. The van der Waals surface area contributed by atoms with Gasteiger partial charge in [-0.3, -0.25) is 0 Å². The van der Waals surface area contributed by atoms with Gasteiger partial charge in [0, 0.05) is 5.56 Å². The normalized spacial score (nSPS) is 10.2. The number of rotatable bonds is 2. The van der Waals surface area contributed by atoms with E-state index in [2.05, 4.69) is 4.98 Å². The van der Waals surface area contributed by atoms with Crippen molar-refractivity contribution in [3.63, 3.8) is 0 Å². The van der Waals surface area contributed by atoms with Crippen molar-refractivity contribution in [2.24, 2.45) is 0 Å². The summed E-state index contributed by atoms with van der Waals surface area (Å²) in [7, 11) is 0. The zero-order valence-electron chi connectivity index (χ0n) is 8.47. The lowest BCUT2D eigenvalue weighted by Crippen LogP contribution is -1.93. The van der Waals surface area contributed by atoms with Gasteiger partial charge in [-0.1, -0.05) is 30.3 Å². The zero-order chi connectivity index (χ0) is 10.7. The van der Waals surface area contributed by atoms with Gasteiger partial charge in [0.2, 0.25) is 0 Å². The standard InChI is InChI=1S/C12H12N2S/c1-15-12-10(13)7-8-11(14-12)9-5-3-2-4-6-9/h2-8H,13H2,1H3. The van der Waals surface area contributed by atoms with E-state index in [0.29, 0.717) is 0 Å². The summed E-state index contributed by atoms with van der Waals surface area (Å²) in [6.07, 6.45) is 1.98. The van der Waals surface area contributed by atoms with Crippen molar-refractivity contribution in [2.75, 3.05) is 12.0 Å². The van der Waals surface area contributed by atoms with Gasteiger partial charge in [-0.25, -0.2) is 4.98 Å². The third kappa shape index (κ3) is 2.13. The van der Waals surface area contributed by atoms with E-state index in [1.165, 1.54) is 0 Å². The molecule has 1 aromatic carbocycles. The predicted octanol–water partition coefficient (Wildman–Crippen LogP) is 3.05. The molecule has 2 nitrogen and oxygen atoms in total. The fourth-order valence-corrected chi connectivity index (χ4v) is 1.88. The lowest BCUT2D eigenvalue weighted by Gasteiger charge is -2.05. The number of hydrogen-bond acceptors (Lipinski definition) is 3. The number of pyridine rings is 1. The van der Waals surface area contributed by atoms with Crippen molar-refractivity contribution < 1.29 is 0 Å². The Morgan fingerprint density at radius 3 is 2.47 bits per heavy atom. The van der Waals surface area contributed by atoms with E-state index in [0.717, 1.165) is 22.0 Å². The number of hydrogen-bond donors (Lipinski definition) is 1. The summed E-state index contributed by atoms with van der Waals surface area (Å²) in [5.74, 6) is 0. The van der Waals surface area contributed by atoms with Gasteiger partial charge < -0.3 is 5.73 Å². The van der Waals surface area contributed by atoms with Crippen molar-refractivity contribution in [3.8, 4) is 11.3 Å². The molecular weight excluding hydrogens is 204 g/mol. The molecule has 0 aliphatic rings. The Hall–Kier alpha value is -1.48. The van der Waals surface area contributed by atoms with E-state index < -0.39 is 0 Å². The summed E-state index contributed by atoms with van der Waals surface area (Å²) in [6, 6.07) is 13.9. The number of thioether (sulfide) groups is 1. The van der Waals surface area contributed by atoms with Gasteiger partial charge >= 0.3 is 0 Å². The number of nitrogens with zero attached hydrogens (tertiary/aromatic N) is 1. The first-order valence-corrected chi connectivity index (χ1v) is 5.89. The van der Waals surface area contributed by atoms with E-state index in [-0.39, 0.29) is 0 Å². The van der Waals surface area contributed by atoms with E-state index in [9.17, 15) is 0 Å². The van der Waals surface area contributed by atoms with Crippen LogP contribution in [-0.2, 0) is 0 Å². The van der Waals surface area contributed by atoms with Gasteiger partial charge in [0.25, 0.3) is 0 Å². The average molecular weight is 216 g/mol. The second kappa shape index (κ2) is 4.36. The summed E-state index contributed by atoms with van der Waals surface area (Å²) in [5.41, 5.74) is 8.62. The number of nitrogen functional groups attached to an aromatic ring is 1. The first-order valence-electron chi connectivity index (χ1n) is 4.67. The molecule has 0 aliphatic carbocycles. The second-order valence-corrected chi connectivity index (χ2v) is 3.96. The summed E-state index contributed by atoms with van der Waals surface area (Å²) in [6.45, 7) is 0. The molecular formula is C12H12N2S. The molecule has 0 unspecified atom stereocenters. The van der Waals surface area contributed by atoms with Crippen molar-refractivity contribution >= 4 is 17.4 Å². The van der Waals surface area contributed by atoms with Gasteiger partial charge in [0.05, 0.1) is 11.4 Å². The zero-order valence-corrected chi connectivity index (χ0v) is 9.29. The molecule has 0 aliphatic heterocycles. The number of anilines is 1. The molecule has 2 rings (SSSR count). The van der Waals surface area contributed by atoms with E-state index in [1.807, 2.05) is 48.7 Å². The lowest BCUT2D eigenvalue weighted by atomic mass is 10.1. The predicted molar refractivity (Wildman–Crippen MR) is 65.9 cm³/mol. The highest BCUT2D eigenvalue weighted by Gasteiger charge is 2.03. The van der Waals surface area contributed by atoms with Crippen LogP contribution in [0.1, 0.15) is 0 Å². The van der Waals surface area contributed by atoms with Crippen LogP contribution < -0.4 is 5.73 Å². The van der Waals surface area contributed by atoms with Gasteiger partial charge in [0.15, 0.2) is 0 Å². The minimum atomic E-state index is 0.738. The van der Waals surface area contributed by atoms with Crippen LogP contribution in [0, 0.1) is 0 Å². The Kier molecular flexibility index (Phi) is 2.92. The maximum absolute atomic E-state index is 5.79. The monoisotopic (exact) mass is 216 g/mol.